The maximum atomic E-state index is 12.3. The van der Waals surface area contributed by atoms with E-state index in [1.807, 2.05) is 0 Å². The molecule has 0 saturated heterocycles. The average molecular weight is 399 g/mol. The van der Waals surface area contributed by atoms with Crippen LogP contribution in [-0.2, 0) is 19.6 Å². The highest BCUT2D eigenvalue weighted by Crippen LogP contribution is 2.24. The number of nitrogens with zero attached hydrogens (tertiary/aromatic N) is 2. The number of amides is 1. The Balaban J connectivity index is 2.17. The van der Waals surface area contributed by atoms with Gasteiger partial charge < -0.3 is 4.74 Å². The van der Waals surface area contributed by atoms with Crippen LogP contribution in [0.2, 0.25) is 0 Å². The molecule has 11 heteroatoms. The van der Waals surface area contributed by atoms with Crippen molar-refractivity contribution in [3.63, 3.8) is 0 Å². The summed E-state index contributed by atoms with van der Waals surface area (Å²) in [6.45, 7) is 1.63. The zero-order valence-corrected chi connectivity index (χ0v) is 16.1. The first kappa shape index (κ1) is 20.0. The molecule has 1 N–H and O–H groups in total. The number of benzene rings is 1. The summed E-state index contributed by atoms with van der Waals surface area (Å²) in [5, 5.41) is 2.81. The number of carbonyl (C=O) groups is 2. The number of hydroxylamine groups is 1. The van der Waals surface area contributed by atoms with E-state index in [4.69, 9.17) is 0 Å². The van der Waals surface area contributed by atoms with E-state index in [0.717, 1.165) is 15.8 Å². The zero-order valence-electron chi connectivity index (χ0n) is 14.5. The topological polar surface area (TPSA) is 115 Å². The van der Waals surface area contributed by atoms with Gasteiger partial charge in [-0.3, -0.25) is 14.9 Å². The fourth-order valence-corrected chi connectivity index (χ4v) is 3.78. The molecular weight excluding hydrogens is 382 g/mol. The van der Waals surface area contributed by atoms with Crippen molar-refractivity contribution in [2.45, 2.75) is 11.8 Å². The number of methoxy groups -OCH3 is 1. The fourth-order valence-electron chi connectivity index (χ4n) is 1.93. The lowest BCUT2D eigenvalue weighted by atomic mass is 10.2. The number of thiazole rings is 1. The molecule has 1 aromatic carbocycles. The number of aryl methyl sites for hydroxylation is 1. The summed E-state index contributed by atoms with van der Waals surface area (Å²) in [6, 6.07) is 5.33. The lowest BCUT2D eigenvalue weighted by Gasteiger charge is -2.14. The maximum Gasteiger partial charge on any atom is 0.350 e. The predicted molar refractivity (Wildman–Crippen MR) is 94.5 cm³/mol. The molecule has 1 heterocycles. The molecule has 2 rings (SSSR count). The van der Waals surface area contributed by atoms with Gasteiger partial charge in [0, 0.05) is 12.6 Å². The number of esters is 1. The van der Waals surface area contributed by atoms with Crippen molar-refractivity contribution >= 4 is 38.4 Å². The molecule has 0 bridgehead atoms. The first-order valence-corrected chi connectivity index (χ1v) is 9.46. The van der Waals surface area contributed by atoms with Crippen LogP contribution in [-0.4, -0.2) is 51.0 Å². The summed E-state index contributed by atoms with van der Waals surface area (Å²) in [5.74, 6) is -1.02. The maximum absolute atomic E-state index is 12.3. The van der Waals surface area contributed by atoms with Gasteiger partial charge in [0.15, 0.2) is 5.13 Å². The van der Waals surface area contributed by atoms with Crippen molar-refractivity contribution in [2.75, 3.05) is 26.6 Å². The van der Waals surface area contributed by atoms with Crippen molar-refractivity contribution in [2.24, 2.45) is 0 Å². The minimum atomic E-state index is -3.79. The highest BCUT2D eigenvalue weighted by atomic mass is 32.2. The van der Waals surface area contributed by atoms with Crippen molar-refractivity contribution < 1.29 is 27.6 Å². The summed E-state index contributed by atoms with van der Waals surface area (Å²) in [7, 11) is -0.0295. The molecule has 0 unspecified atom stereocenters. The second-order valence-electron chi connectivity index (χ2n) is 5.00. The molecular formula is C15H17N3O6S2. The van der Waals surface area contributed by atoms with Crippen molar-refractivity contribution in [3.05, 3.63) is 40.4 Å². The van der Waals surface area contributed by atoms with Gasteiger partial charge in [-0.2, -0.15) is 0 Å². The highest BCUT2D eigenvalue weighted by molar-refractivity contribution is 7.89. The second kappa shape index (κ2) is 7.91. The van der Waals surface area contributed by atoms with Crippen LogP contribution < -0.4 is 5.32 Å². The number of hydrogen-bond donors (Lipinski definition) is 1. The van der Waals surface area contributed by atoms with E-state index in [1.54, 1.807) is 6.92 Å². The van der Waals surface area contributed by atoms with Gasteiger partial charge in [-0.05, 0) is 31.2 Å². The molecule has 140 valence electrons. The normalized spacial score (nSPS) is 11.4. The first-order chi connectivity index (χ1) is 12.2. The number of rotatable bonds is 6. The molecule has 0 atom stereocenters. The number of ether oxygens (including phenoxy) is 1. The molecule has 0 fully saturated rings. The SMILES string of the molecule is COC(=O)c1sc(NC(=O)c2ccc(S(=O)(=O)N(C)OC)cc2)nc1C. The third-order valence-electron chi connectivity index (χ3n) is 3.40. The van der Waals surface area contributed by atoms with Gasteiger partial charge in [-0.25, -0.2) is 18.2 Å². The number of carbonyl (C=O) groups excluding carboxylic acids is 2. The van der Waals surface area contributed by atoms with Crippen molar-refractivity contribution in [3.8, 4) is 0 Å². The number of aromatic nitrogens is 1. The van der Waals surface area contributed by atoms with E-state index in [2.05, 4.69) is 19.9 Å². The minimum Gasteiger partial charge on any atom is -0.465 e. The van der Waals surface area contributed by atoms with Crippen molar-refractivity contribution in [1.29, 1.82) is 0 Å². The largest absolute Gasteiger partial charge is 0.465 e. The van der Waals surface area contributed by atoms with E-state index in [-0.39, 0.29) is 15.6 Å². The molecule has 1 aromatic heterocycles. The molecule has 1 amide bonds. The first-order valence-electron chi connectivity index (χ1n) is 7.21. The van der Waals surface area contributed by atoms with E-state index < -0.39 is 21.9 Å². The molecule has 0 radical (unpaired) electrons. The zero-order chi connectivity index (χ0) is 19.5. The van der Waals surface area contributed by atoms with Crippen molar-refractivity contribution in [1.82, 2.24) is 9.45 Å². The van der Waals surface area contributed by atoms with Gasteiger partial charge in [0.1, 0.15) is 4.88 Å². The van der Waals surface area contributed by atoms with Crippen LogP contribution in [0.25, 0.3) is 0 Å². The fraction of sp³-hybridized carbons (Fsp3) is 0.267. The van der Waals surface area contributed by atoms with Gasteiger partial charge in [0.05, 0.1) is 24.8 Å². The average Bonchev–Trinajstić information content (AvgIpc) is 3.00. The number of anilines is 1. The third kappa shape index (κ3) is 4.07. The summed E-state index contributed by atoms with van der Waals surface area (Å²) < 4.78 is 29.6. The molecule has 26 heavy (non-hydrogen) atoms. The van der Waals surface area contributed by atoms with E-state index in [9.17, 15) is 18.0 Å². The summed E-state index contributed by atoms with van der Waals surface area (Å²) in [6.07, 6.45) is 0. The summed E-state index contributed by atoms with van der Waals surface area (Å²) >= 11 is 0.993. The standard InChI is InChI=1S/C15H17N3O6S2/c1-9-12(14(20)23-3)25-15(16-9)17-13(19)10-5-7-11(8-6-10)26(21,22)18(2)24-4/h5-8H,1-4H3,(H,16,17,19). The van der Waals surface area contributed by atoms with Gasteiger partial charge in [0.2, 0.25) is 0 Å². The molecule has 2 aromatic rings. The van der Waals surface area contributed by atoms with Crippen LogP contribution in [0.15, 0.2) is 29.2 Å². The monoisotopic (exact) mass is 399 g/mol. The minimum absolute atomic E-state index is 0.0172. The third-order valence-corrected chi connectivity index (χ3v) is 6.14. The number of nitrogens with one attached hydrogen (secondary N) is 1. The van der Waals surface area contributed by atoms with Gasteiger partial charge in [-0.1, -0.05) is 15.8 Å². The Bertz CT molecular complexity index is 921. The lowest BCUT2D eigenvalue weighted by molar-refractivity contribution is -0.0258. The van der Waals surface area contributed by atoms with Gasteiger partial charge >= 0.3 is 5.97 Å². The number of sulfonamides is 1. The Morgan fingerprint density at radius 3 is 2.35 bits per heavy atom. The quantitative estimate of drug-likeness (QED) is 0.580. The lowest BCUT2D eigenvalue weighted by Crippen LogP contribution is -2.25. The Morgan fingerprint density at radius 1 is 1.19 bits per heavy atom. The summed E-state index contributed by atoms with van der Waals surface area (Å²) in [4.78, 5) is 32.9. The van der Waals surface area contributed by atoms with Gasteiger partial charge in [-0.15, -0.1) is 0 Å². The Morgan fingerprint density at radius 2 is 1.81 bits per heavy atom. The van der Waals surface area contributed by atoms with Crippen LogP contribution in [0.5, 0.6) is 0 Å². The number of hydrogen-bond acceptors (Lipinski definition) is 8. The smallest absolute Gasteiger partial charge is 0.350 e. The van der Waals surface area contributed by atoms with E-state index >= 15 is 0 Å². The molecule has 0 aliphatic heterocycles. The molecule has 0 saturated carbocycles. The van der Waals surface area contributed by atoms with E-state index in [0.29, 0.717) is 10.6 Å². The highest BCUT2D eigenvalue weighted by Gasteiger charge is 2.21. The molecule has 0 spiro atoms. The summed E-state index contributed by atoms with van der Waals surface area (Å²) in [5.41, 5.74) is 0.678. The second-order valence-corrected chi connectivity index (χ2v) is 7.94. The van der Waals surface area contributed by atoms with Crippen LogP contribution in [0.3, 0.4) is 0 Å². The predicted octanol–water partition coefficient (Wildman–Crippen LogP) is 1.67. The molecule has 0 aliphatic carbocycles. The Labute approximate surface area is 154 Å². The molecule has 9 nitrogen and oxygen atoms in total. The Kier molecular flexibility index (Phi) is 6.08. The van der Waals surface area contributed by atoms with Crippen LogP contribution >= 0.6 is 11.3 Å². The Hall–Kier alpha value is -2.34. The van der Waals surface area contributed by atoms with Crippen LogP contribution in [0.1, 0.15) is 25.7 Å². The van der Waals surface area contributed by atoms with E-state index in [1.165, 1.54) is 45.5 Å². The molecule has 0 aliphatic rings. The van der Waals surface area contributed by atoms with Crippen LogP contribution in [0.4, 0.5) is 5.13 Å². The van der Waals surface area contributed by atoms with Gasteiger partial charge in [0.25, 0.3) is 15.9 Å². The van der Waals surface area contributed by atoms with Crippen LogP contribution in [0, 0.1) is 6.92 Å².